The van der Waals surface area contributed by atoms with Gasteiger partial charge in [0.05, 0.1) is 0 Å². The van der Waals surface area contributed by atoms with Crippen LogP contribution in [0, 0.1) is 5.82 Å². The summed E-state index contributed by atoms with van der Waals surface area (Å²) < 4.78 is 24.0. The third-order valence-corrected chi connectivity index (χ3v) is 3.30. The van der Waals surface area contributed by atoms with Gasteiger partial charge < -0.3 is 9.66 Å². The fourth-order valence-electron chi connectivity index (χ4n) is 0.864. The van der Waals surface area contributed by atoms with Crippen LogP contribution in [0.25, 0.3) is 0 Å². The first-order chi connectivity index (χ1) is 6.52. The Bertz CT molecular complexity index is 325. The molecule has 0 fully saturated rings. The molecule has 0 radical (unpaired) electrons. The van der Waals surface area contributed by atoms with Crippen molar-refractivity contribution in [1.82, 2.24) is 0 Å². The third kappa shape index (κ3) is 2.46. The quantitative estimate of drug-likeness (QED) is 0.777. The number of carbonyl (C=O) groups is 1. The highest BCUT2D eigenvalue weighted by atomic mass is 32.2. The van der Waals surface area contributed by atoms with E-state index < -0.39 is 28.2 Å². The Balaban J connectivity index is 2.84. The molecule has 0 saturated carbocycles. The van der Waals surface area contributed by atoms with Gasteiger partial charge in [0.25, 0.3) is 0 Å². The number of rotatable bonds is 3. The zero-order chi connectivity index (χ0) is 10.7. The highest BCUT2D eigenvalue weighted by Gasteiger charge is 2.26. The van der Waals surface area contributed by atoms with Gasteiger partial charge in [0.1, 0.15) is 5.82 Å². The average molecular weight is 216 g/mol. The minimum absolute atomic E-state index is 0.321. The normalized spacial score (nSPS) is 14.8. The summed E-state index contributed by atoms with van der Waals surface area (Å²) in [5.41, 5.74) is 0. The molecule has 0 aliphatic heterocycles. The number of benzene rings is 1. The second kappa shape index (κ2) is 4.43. The molecule has 0 bridgehead atoms. The van der Waals surface area contributed by atoms with Crippen molar-refractivity contribution in [3.63, 3.8) is 0 Å². The van der Waals surface area contributed by atoms with Gasteiger partial charge >= 0.3 is 5.97 Å². The van der Waals surface area contributed by atoms with Crippen molar-refractivity contribution in [2.24, 2.45) is 0 Å². The number of halogens is 1. The lowest BCUT2D eigenvalue weighted by atomic mass is 10.3. The lowest BCUT2D eigenvalue weighted by Gasteiger charge is -2.13. The second-order valence-electron chi connectivity index (χ2n) is 2.73. The van der Waals surface area contributed by atoms with Crippen molar-refractivity contribution in [1.29, 1.82) is 0 Å². The average Bonchev–Trinajstić information content (AvgIpc) is 2.16. The summed E-state index contributed by atoms with van der Waals surface area (Å²) in [5.74, 6) is -1.57. The molecule has 1 aromatic carbocycles. The highest BCUT2D eigenvalue weighted by molar-refractivity contribution is 7.92. The fourth-order valence-corrected chi connectivity index (χ4v) is 1.86. The van der Waals surface area contributed by atoms with E-state index in [0.717, 1.165) is 12.1 Å². The third-order valence-electron chi connectivity index (χ3n) is 1.71. The minimum atomic E-state index is -1.63. The van der Waals surface area contributed by atoms with Gasteiger partial charge in [0, 0.05) is 0 Å². The Morgan fingerprint density at radius 1 is 1.50 bits per heavy atom. The van der Waals surface area contributed by atoms with E-state index in [4.69, 9.17) is 5.11 Å². The number of hydrogen-bond donors (Lipinski definition) is 1. The molecule has 14 heavy (non-hydrogen) atoms. The molecule has 2 unspecified atom stereocenters. The van der Waals surface area contributed by atoms with Crippen LogP contribution in [0.3, 0.4) is 0 Å². The Hall–Kier alpha value is -1.07. The van der Waals surface area contributed by atoms with Gasteiger partial charge in [-0.25, -0.2) is 9.18 Å². The molecular weight excluding hydrogens is 207 g/mol. The van der Waals surface area contributed by atoms with Crippen molar-refractivity contribution in [2.75, 3.05) is 0 Å². The molecular formula is C9H9FO3S. The predicted molar refractivity (Wildman–Crippen MR) is 49.9 cm³/mol. The highest BCUT2D eigenvalue weighted by Crippen LogP contribution is 2.16. The molecule has 0 spiro atoms. The lowest BCUT2D eigenvalue weighted by Crippen LogP contribution is -2.26. The molecule has 0 aliphatic carbocycles. The van der Waals surface area contributed by atoms with Gasteiger partial charge in [-0.1, -0.05) is 0 Å². The van der Waals surface area contributed by atoms with Gasteiger partial charge in [0.15, 0.2) is 4.90 Å². The molecule has 0 aromatic heterocycles. The van der Waals surface area contributed by atoms with Crippen molar-refractivity contribution >= 4 is 17.1 Å². The summed E-state index contributed by atoms with van der Waals surface area (Å²) in [7, 11) is 0. The number of aliphatic carboxylic acids is 1. The molecule has 0 heterocycles. The molecule has 0 saturated heterocycles. The van der Waals surface area contributed by atoms with Gasteiger partial charge in [0.2, 0.25) is 5.25 Å². The zero-order valence-electron chi connectivity index (χ0n) is 7.44. The van der Waals surface area contributed by atoms with Crippen molar-refractivity contribution in [2.45, 2.75) is 17.1 Å². The molecule has 3 nitrogen and oxygen atoms in total. The second-order valence-corrected chi connectivity index (χ2v) is 4.51. The zero-order valence-corrected chi connectivity index (χ0v) is 8.25. The maximum absolute atomic E-state index is 12.5. The van der Waals surface area contributed by atoms with Crippen LogP contribution in [-0.4, -0.2) is 20.9 Å². The maximum Gasteiger partial charge on any atom is 0.357 e. The SMILES string of the molecule is CC(C(=O)O)[S+]([O-])c1ccc(F)cc1. The summed E-state index contributed by atoms with van der Waals surface area (Å²) in [6.07, 6.45) is 0. The standard InChI is InChI=1S/C9H9FO3S/c1-6(9(11)12)14(13)8-4-2-7(10)3-5-8/h2-6H,1H3,(H,11,12). The van der Waals surface area contributed by atoms with E-state index in [9.17, 15) is 13.7 Å². The van der Waals surface area contributed by atoms with E-state index in [2.05, 4.69) is 0 Å². The first-order valence-electron chi connectivity index (χ1n) is 3.91. The first-order valence-corrected chi connectivity index (χ1v) is 5.12. The van der Waals surface area contributed by atoms with Crippen LogP contribution in [0.1, 0.15) is 6.92 Å². The Kier molecular flexibility index (Phi) is 3.49. The summed E-state index contributed by atoms with van der Waals surface area (Å²) in [5, 5.41) is 7.62. The van der Waals surface area contributed by atoms with Crippen LogP contribution in [-0.2, 0) is 16.0 Å². The van der Waals surface area contributed by atoms with Crippen LogP contribution in [0.15, 0.2) is 29.2 Å². The van der Waals surface area contributed by atoms with Crippen LogP contribution < -0.4 is 0 Å². The Labute approximate surface area is 83.7 Å². The molecule has 2 atom stereocenters. The summed E-state index contributed by atoms with van der Waals surface area (Å²) in [6.45, 7) is 1.35. The summed E-state index contributed by atoms with van der Waals surface area (Å²) >= 11 is -1.63. The Morgan fingerprint density at radius 3 is 2.43 bits per heavy atom. The number of hydrogen-bond acceptors (Lipinski definition) is 2. The van der Waals surface area contributed by atoms with Crippen LogP contribution >= 0.6 is 0 Å². The topological polar surface area (TPSA) is 60.4 Å². The number of carboxylic acids is 1. The van der Waals surface area contributed by atoms with E-state index in [1.54, 1.807) is 0 Å². The van der Waals surface area contributed by atoms with Gasteiger partial charge in [-0.2, -0.15) is 0 Å². The van der Waals surface area contributed by atoms with Crippen molar-refractivity contribution in [3.8, 4) is 0 Å². The van der Waals surface area contributed by atoms with E-state index in [-0.39, 0.29) is 0 Å². The van der Waals surface area contributed by atoms with E-state index in [1.807, 2.05) is 0 Å². The van der Waals surface area contributed by atoms with E-state index in [1.165, 1.54) is 19.1 Å². The molecule has 76 valence electrons. The Morgan fingerprint density at radius 2 is 2.00 bits per heavy atom. The van der Waals surface area contributed by atoms with Crippen LogP contribution in [0.2, 0.25) is 0 Å². The fraction of sp³-hybridized carbons (Fsp3) is 0.222. The van der Waals surface area contributed by atoms with Crippen LogP contribution in [0.5, 0.6) is 0 Å². The molecule has 0 aliphatic rings. The molecule has 1 N–H and O–H groups in total. The van der Waals surface area contributed by atoms with Gasteiger partial charge in [-0.05, 0) is 42.4 Å². The predicted octanol–water partition coefficient (Wildman–Crippen LogP) is 1.41. The molecule has 0 amide bonds. The van der Waals surface area contributed by atoms with Gasteiger partial charge in [-0.15, -0.1) is 0 Å². The summed E-state index contributed by atoms with van der Waals surface area (Å²) in [4.78, 5) is 10.8. The first kappa shape index (κ1) is 11.0. The minimum Gasteiger partial charge on any atom is -0.611 e. The monoisotopic (exact) mass is 216 g/mol. The van der Waals surface area contributed by atoms with Crippen molar-refractivity contribution < 1.29 is 18.8 Å². The van der Waals surface area contributed by atoms with Crippen LogP contribution in [0.4, 0.5) is 4.39 Å². The molecule has 1 aromatic rings. The van der Waals surface area contributed by atoms with E-state index in [0.29, 0.717) is 4.90 Å². The van der Waals surface area contributed by atoms with Gasteiger partial charge in [-0.3, -0.25) is 0 Å². The van der Waals surface area contributed by atoms with E-state index >= 15 is 0 Å². The van der Waals surface area contributed by atoms with Crippen molar-refractivity contribution in [3.05, 3.63) is 30.1 Å². The smallest absolute Gasteiger partial charge is 0.357 e. The molecule has 5 heteroatoms. The number of carboxylic acid groups (broad SMARTS) is 1. The lowest BCUT2D eigenvalue weighted by molar-refractivity contribution is -0.136. The maximum atomic E-state index is 12.5. The largest absolute Gasteiger partial charge is 0.611 e. The summed E-state index contributed by atoms with van der Waals surface area (Å²) in [6, 6.07) is 4.96. The molecule has 1 rings (SSSR count).